The lowest BCUT2D eigenvalue weighted by atomic mass is 9.89. The highest BCUT2D eigenvalue weighted by Gasteiger charge is 2.13. The first-order valence-electron chi connectivity index (χ1n) is 5.34. The van der Waals surface area contributed by atoms with Gasteiger partial charge >= 0.3 is 6.03 Å². The summed E-state index contributed by atoms with van der Waals surface area (Å²) < 4.78 is 0. The second-order valence-corrected chi connectivity index (χ2v) is 3.74. The average Bonchev–Trinajstić information content (AvgIpc) is 2.17. The third-order valence-corrected chi connectivity index (χ3v) is 2.61. The van der Waals surface area contributed by atoms with Gasteiger partial charge in [-0.3, -0.25) is 0 Å². The zero-order valence-electron chi connectivity index (χ0n) is 8.44. The van der Waals surface area contributed by atoms with Crippen molar-refractivity contribution in [3.8, 4) is 0 Å². The summed E-state index contributed by atoms with van der Waals surface area (Å²) in [6.07, 6.45) is 6.61. The van der Waals surface area contributed by atoms with Crippen LogP contribution in [0.25, 0.3) is 0 Å². The van der Waals surface area contributed by atoms with E-state index in [1.807, 2.05) is 6.92 Å². The molecule has 0 radical (unpaired) electrons. The second kappa shape index (κ2) is 5.84. The van der Waals surface area contributed by atoms with Crippen LogP contribution < -0.4 is 10.6 Å². The summed E-state index contributed by atoms with van der Waals surface area (Å²) in [6, 6.07) is -0.0203. The van der Waals surface area contributed by atoms with E-state index >= 15 is 0 Å². The Morgan fingerprint density at radius 1 is 1.23 bits per heavy atom. The van der Waals surface area contributed by atoms with E-state index in [9.17, 15) is 4.79 Å². The van der Waals surface area contributed by atoms with Gasteiger partial charge in [0.1, 0.15) is 0 Å². The van der Waals surface area contributed by atoms with E-state index in [0.717, 1.165) is 12.5 Å². The minimum absolute atomic E-state index is 0.0203. The van der Waals surface area contributed by atoms with E-state index in [4.69, 9.17) is 0 Å². The fourth-order valence-electron chi connectivity index (χ4n) is 1.85. The molecule has 1 rings (SSSR count). The molecule has 0 aliphatic heterocycles. The predicted molar refractivity (Wildman–Crippen MR) is 53.7 cm³/mol. The van der Waals surface area contributed by atoms with E-state index in [1.165, 1.54) is 32.1 Å². The van der Waals surface area contributed by atoms with Gasteiger partial charge in [0.25, 0.3) is 0 Å². The monoisotopic (exact) mass is 184 g/mol. The van der Waals surface area contributed by atoms with E-state index in [1.54, 1.807) is 0 Å². The zero-order chi connectivity index (χ0) is 9.52. The van der Waals surface area contributed by atoms with Gasteiger partial charge in [0.2, 0.25) is 0 Å². The smallest absolute Gasteiger partial charge is 0.314 e. The molecule has 0 unspecified atom stereocenters. The number of carbonyl (C=O) groups is 1. The molecule has 0 saturated heterocycles. The summed E-state index contributed by atoms with van der Waals surface area (Å²) in [4.78, 5) is 11.1. The highest BCUT2D eigenvalue weighted by atomic mass is 16.2. The van der Waals surface area contributed by atoms with Crippen molar-refractivity contribution in [3.63, 3.8) is 0 Å². The quantitative estimate of drug-likeness (QED) is 0.691. The summed E-state index contributed by atoms with van der Waals surface area (Å²) in [6.45, 7) is 3.49. The van der Waals surface area contributed by atoms with E-state index in [2.05, 4.69) is 10.6 Å². The SMILES string of the molecule is CCNC(=O)NCC1CCCCC1. The molecule has 1 saturated carbocycles. The molecule has 13 heavy (non-hydrogen) atoms. The van der Waals surface area contributed by atoms with Crippen molar-refractivity contribution in [2.45, 2.75) is 39.0 Å². The highest BCUT2D eigenvalue weighted by molar-refractivity contribution is 5.73. The van der Waals surface area contributed by atoms with Gasteiger partial charge in [0.05, 0.1) is 0 Å². The summed E-state index contributed by atoms with van der Waals surface area (Å²) in [5.74, 6) is 0.719. The lowest BCUT2D eigenvalue weighted by molar-refractivity contribution is 0.237. The number of urea groups is 1. The van der Waals surface area contributed by atoms with Crippen LogP contribution in [0.15, 0.2) is 0 Å². The maximum absolute atomic E-state index is 11.1. The lowest BCUT2D eigenvalue weighted by Crippen LogP contribution is -2.38. The number of hydrogen-bond donors (Lipinski definition) is 2. The summed E-state index contributed by atoms with van der Waals surface area (Å²) >= 11 is 0. The van der Waals surface area contributed by atoms with Gasteiger partial charge < -0.3 is 10.6 Å². The van der Waals surface area contributed by atoms with E-state index < -0.39 is 0 Å². The molecule has 0 heterocycles. The van der Waals surface area contributed by atoms with Crippen LogP contribution in [0.4, 0.5) is 4.79 Å². The van der Waals surface area contributed by atoms with Crippen LogP contribution >= 0.6 is 0 Å². The summed E-state index contributed by atoms with van der Waals surface area (Å²) in [5.41, 5.74) is 0. The number of rotatable bonds is 3. The molecule has 0 aromatic heterocycles. The van der Waals surface area contributed by atoms with Crippen LogP contribution in [0.2, 0.25) is 0 Å². The standard InChI is InChI=1S/C10H20N2O/c1-2-11-10(13)12-8-9-6-4-3-5-7-9/h9H,2-8H2,1H3,(H2,11,12,13). The van der Waals surface area contributed by atoms with Gasteiger partial charge in [-0.15, -0.1) is 0 Å². The molecule has 1 fully saturated rings. The van der Waals surface area contributed by atoms with Gasteiger partial charge in [-0.1, -0.05) is 19.3 Å². The number of hydrogen-bond acceptors (Lipinski definition) is 1. The van der Waals surface area contributed by atoms with E-state index in [0.29, 0.717) is 6.54 Å². The molecule has 2 N–H and O–H groups in total. The van der Waals surface area contributed by atoms with Crippen LogP contribution in [0.5, 0.6) is 0 Å². The molecular weight excluding hydrogens is 164 g/mol. The predicted octanol–water partition coefficient (Wildman–Crippen LogP) is 1.89. The second-order valence-electron chi connectivity index (χ2n) is 3.74. The van der Waals surface area contributed by atoms with Crippen LogP contribution in [0, 0.1) is 5.92 Å². The van der Waals surface area contributed by atoms with Crippen molar-refractivity contribution >= 4 is 6.03 Å². The van der Waals surface area contributed by atoms with Gasteiger partial charge in [-0.05, 0) is 25.7 Å². The van der Waals surface area contributed by atoms with Crippen LogP contribution in [-0.4, -0.2) is 19.1 Å². The maximum atomic E-state index is 11.1. The van der Waals surface area contributed by atoms with Gasteiger partial charge in [-0.25, -0.2) is 4.79 Å². The third-order valence-electron chi connectivity index (χ3n) is 2.61. The van der Waals surface area contributed by atoms with E-state index in [-0.39, 0.29) is 6.03 Å². The molecule has 0 spiro atoms. The first-order valence-corrected chi connectivity index (χ1v) is 5.34. The first-order chi connectivity index (χ1) is 6.33. The van der Waals surface area contributed by atoms with Crippen molar-refractivity contribution in [2.75, 3.05) is 13.1 Å². The van der Waals surface area contributed by atoms with Crippen molar-refractivity contribution < 1.29 is 4.79 Å². The average molecular weight is 184 g/mol. The Kier molecular flexibility index (Phi) is 4.65. The Hall–Kier alpha value is -0.730. The molecule has 1 aliphatic rings. The normalized spacial score (nSPS) is 18.2. The first kappa shape index (κ1) is 10.4. The van der Waals surface area contributed by atoms with Gasteiger partial charge in [-0.2, -0.15) is 0 Å². The Morgan fingerprint density at radius 3 is 2.54 bits per heavy atom. The van der Waals surface area contributed by atoms with Crippen molar-refractivity contribution in [1.82, 2.24) is 10.6 Å². The topological polar surface area (TPSA) is 41.1 Å². The lowest BCUT2D eigenvalue weighted by Gasteiger charge is -2.21. The summed E-state index contributed by atoms with van der Waals surface area (Å²) in [5, 5.41) is 5.64. The fraction of sp³-hybridized carbons (Fsp3) is 0.900. The van der Waals surface area contributed by atoms with Crippen molar-refractivity contribution in [1.29, 1.82) is 0 Å². The molecule has 2 amide bonds. The van der Waals surface area contributed by atoms with Crippen LogP contribution in [0.3, 0.4) is 0 Å². The molecule has 0 bridgehead atoms. The molecule has 0 atom stereocenters. The van der Waals surface area contributed by atoms with Gasteiger partial charge in [0, 0.05) is 13.1 Å². The molecule has 1 aliphatic carbocycles. The number of amides is 2. The van der Waals surface area contributed by atoms with Crippen LogP contribution in [0.1, 0.15) is 39.0 Å². The highest BCUT2D eigenvalue weighted by Crippen LogP contribution is 2.22. The molecular formula is C10H20N2O. The van der Waals surface area contributed by atoms with Gasteiger partial charge in [0.15, 0.2) is 0 Å². The number of carbonyl (C=O) groups excluding carboxylic acids is 1. The minimum Gasteiger partial charge on any atom is -0.338 e. The molecule has 0 aromatic rings. The molecule has 0 aromatic carbocycles. The largest absolute Gasteiger partial charge is 0.338 e. The third kappa shape index (κ3) is 4.15. The maximum Gasteiger partial charge on any atom is 0.314 e. The Morgan fingerprint density at radius 2 is 1.92 bits per heavy atom. The molecule has 3 nitrogen and oxygen atoms in total. The fourth-order valence-corrected chi connectivity index (χ4v) is 1.85. The number of nitrogens with one attached hydrogen (secondary N) is 2. The molecule has 76 valence electrons. The van der Waals surface area contributed by atoms with Crippen molar-refractivity contribution in [2.24, 2.45) is 5.92 Å². The Labute approximate surface area is 80.3 Å². The summed E-state index contributed by atoms with van der Waals surface area (Å²) in [7, 11) is 0. The minimum atomic E-state index is -0.0203. The van der Waals surface area contributed by atoms with Crippen LogP contribution in [-0.2, 0) is 0 Å². The van der Waals surface area contributed by atoms with Crippen molar-refractivity contribution in [3.05, 3.63) is 0 Å². The molecule has 3 heteroatoms. The Bertz CT molecular complexity index is 153. The zero-order valence-corrected chi connectivity index (χ0v) is 8.44. The Balaban J connectivity index is 2.06.